The van der Waals surface area contributed by atoms with Crippen LogP contribution in [0.25, 0.3) is 0 Å². The lowest BCUT2D eigenvalue weighted by molar-refractivity contribution is 0.102. The van der Waals surface area contributed by atoms with Crippen molar-refractivity contribution in [1.29, 1.82) is 0 Å². The van der Waals surface area contributed by atoms with Crippen LogP contribution < -0.4 is 15.4 Å². The largest absolute Gasteiger partial charge is 0.357 e. The summed E-state index contributed by atoms with van der Waals surface area (Å²) in [5, 5.41) is 7.90. The van der Waals surface area contributed by atoms with E-state index in [2.05, 4.69) is 15.2 Å². The fraction of sp³-hybridized carbons (Fsp3) is 0.294. The molecule has 1 aliphatic heterocycles. The maximum Gasteiger partial charge on any atom is 0.257 e. The smallest absolute Gasteiger partial charge is 0.257 e. The minimum absolute atomic E-state index is 0.0262. The zero-order chi connectivity index (χ0) is 18.7. The van der Waals surface area contributed by atoms with E-state index < -0.39 is 15.9 Å². The average molecular weight is 395 g/mol. The maximum atomic E-state index is 12.4. The van der Waals surface area contributed by atoms with Gasteiger partial charge in [0.1, 0.15) is 5.82 Å². The van der Waals surface area contributed by atoms with Gasteiger partial charge in [-0.25, -0.2) is 18.5 Å². The molecule has 1 saturated heterocycles. The number of benzene rings is 1. The number of nitrogens with zero attached hydrogens (tertiary/aromatic N) is 2. The highest BCUT2D eigenvalue weighted by Crippen LogP contribution is 2.22. The summed E-state index contributed by atoms with van der Waals surface area (Å²) in [6, 6.07) is 7.34. The molecule has 7 nitrogen and oxygen atoms in total. The zero-order valence-electron chi connectivity index (χ0n) is 14.0. The van der Waals surface area contributed by atoms with Gasteiger partial charge in [-0.1, -0.05) is 11.6 Å². The molecule has 0 saturated carbocycles. The minimum atomic E-state index is -3.92. The van der Waals surface area contributed by atoms with Crippen molar-refractivity contribution in [3.8, 4) is 0 Å². The molecular formula is C17H19ClN4O3S. The summed E-state index contributed by atoms with van der Waals surface area (Å²) >= 11 is 6.02. The molecule has 3 N–H and O–H groups in total. The van der Waals surface area contributed by atoms with Crippen LogP contribution in [0.1, 0.15) is 29.6 Å². The van der Waals surface area contributed by atoms with Gasteiger partial charge in [0.15, 0.2) is 0 Å². The van der Waals surface area contributed by atoms with Gasteiger partial charge in [0.2, 0.25) is 10.0 Å². The molecule has 26 heavy (non-hydrogen) atoms. The Morgan fingerprint density at radius 3 is 2.50 bits per heavy atom. The molecule has 138 valence electrons. The molecule has 2 heterocycles. The zero-order valence-corrected chi connectivity index (χ0v) is 15.6. The monoisotopic (exact) mass is 394 g/mol. The van der Waals surface area contributed by atoms with Crippen LogP contribution in [0, 0.1) is 0 Å². The van der Waals surface area contributed by atoms with Gasteiger partial charge in [0.05, 0.1) is 27.4 Å². The number of carbonyl (C=O) groups is 1. The molecule has 0 unspecified atom stereocenters. The van der Waals surface area contributed by atoms with Crippen molar-refractivity contribution in [3.63, 3.8) is 0 Å². The van der Waals surface area contributed by atoms with E-state index in [1.165, 1.54) is 18.6 Å². The molecule has 1 aromatic heterocycles. The van der Waals surface area contributed by atoms with Gasteiger partial charge in [-0.05, 0) is 49.6 Å². The van der Waals surface area contributed by atoms with E-state index in [9.17, 15) is 13.2 Å². The highest BCUT2D eigenvalue weighted by Gasteiger charge is 2.17. The van der Waals surface area contributed by atoms with Gasteiger partial charge in [-0.15, -0.1) is 0 Å². The first kappa shape index (κ1) is 18.6. The Morgan fingerprint density at radius 1 is 1.15 bits per heavy atom. The number of pyridine rings is 1. The first-order chi connectivity index (χ1) is 12.3. The van der Waals surface area contributed by atoms with E-state index in [0.717, 1.165) is 37.8 Å². The molecule has 1 aromatic carbocycles. The van der Waals surface area contributed by atoms with Crippen LogP contribution in [0.2, 0.25) is 5.02 Å². The fourth-order valence-corrected chi connectivity index (χ4v) is 3.57. The van der Waals surface area contributed by atoms with Crippen molar-refractivity contribution < 1.29 is 13.2 Å². The number of aromatic nitrogens is 1. The molecule has 3 rings (SSSR count). The first-order valence-corrected chi connectivity index (χ1v) is 10.1. The summed E-state index contributed by atoms with van der Waals surface area (Å²) in [6.07, 6.45) is 5.11. The van der Waals surface area contributed by atoms with Gasteiger partial charge in [0.25, 0.3) is 5.91 Å². The van der Waals surface area contributed by atoms with E-state index in [4.69, 9.17) is 16.7 Å². The van der Waals surface area contributed by atoms with Gasteiger partial charge in [0, 0.05) is 13.1 Å². The van der Waals surface area contributed by atoms with Crippen LogP contribution in [0.15, 0.2) is 41.4 Å². The Bertz CT molecular complexity index is 910. The lowest BCUT2D eigenvalue weighted by Gasteiger charge is -2.27. The summed E-state index contributed by atoms with van der Waals surface area (Å²) < 4.78 is 22.9. The topological polar surface area (TPSA) is 105 Å². The molecular weight excluding hydrogens is 376 g/mol. The Kier molecular flexibility index (Phi) is 5.45. The molecule has 1 amide bonds. The molecule has 0 atom stereocenters. The number of piperidine rings is 1. The molecule has 0 radical (unpaired) electrons. The summed E-state index contributed by atoms with van der Waals surface area (Å²) in [5.74, 6) is 0.338. The lowest BCUT2D eigenvalue weighted by atomic mass is 10.1. The Hall–Kier alpha value is -2.16. The summed E-state index contributed by atoms with van der Waals surface area (Å²) in [6.45, 7) is 1.96. The SMILES string of the molecule is NS(=O)(=O)c1ccc(Cl)c(C(=O)Nc2ccc(N3CCCCC3)nc2)c1. The van der Waals surface area contributed by atoms with Crippen LogP contribution in [0.5, 0.6) is 0 Å². The number of sulfonamides is 1. The number of nitrogens with one attached hydrogen (secondary N) is 1. The number of primary sulfonamides is 1. The second-order valence-corrected chi connectivity index (χ2v) is 8.06. The summed E-state index contributed by atoms with van der Waals surface area (Å²) in [7, 11) is -3.92. The number of carbonyl (C=O) groups excluding carboxylic acids is 1. The minimum Gasteiger partial charge on any atom is -0.357 e. The predicted octanol–water partition coefficient (Wildman–Crippen LogP) is 2.63. The van der Waals surface area contributed by atoms with Crippen molar-refractivity contribution in [1.82, 2.24) is 4.98 Å². The van der Waals surface area contributed by atoms with Gasteiger partial charge < -0.3 is 10.2 Å². The molecule has 2 aromatic rings. The van der Waals surface area contributed by atoms with Crippen molar-refractivity contribution >= 4 is 39.0 Å². The summed E-state index contributed by atoms with van der Waals surface area (Å²) in [4.78, 5) is 18.9. The number of rotatable bonds is 4. The van der Waals surface area contributed by atoms with Crippen LogP contribution in [-0.2, 0) is 10.0 Å². The summed E-state index contributed by atoms with van der Waals surface area (Å²) in [5.41, 5.74) is 0.520. The Labute approximate surface area is 157 Å². The molecule has 1 aliphatic rings. The van der Waals surface area contributed by atoms with Gasteiger partial charge in [-0.3, -0.25) is 4.79 Å². The number of amides is 1. The van der Waals surface area contributed by atoms with Crippen molar-refractivity contribution in [2.45, 2.75) is 24.2 Å². The van der Waals surface area contributed by atoms with E-state index in [1.807, 2.05) is 6.07 Å². The normalized spacial score (nSPS) is 14.9. The number of halogens is 1. The molecule has 0 bridgehead atoms. The number of hydrogen-bond acceptors (Lipinski definition) is 5. The quantitative estimate of drug-likeness (QED) is 0.829. The average Bonchev–Trinajstić information content (AvgIpc) is 2.62. The third-order valence-corrected chi connectivity index (χ3v) is 5.44. The number of nitrogens with two attached hydrogens (primary N) is 1. The van der Waals surface area contributed by atoms with Crippen LogP contribution in [-0.4, -0.2) is 32.4 Å². The Morgan fingerprint density at radius 2 is 1.88 bits per heavy atom. The Balaban J connectivity index is 1.75. The molecule has 0 spiro atoms. The highest BCUT2D eigenvalue weighted by atomic mass is 35.5. The van der Waals surface area contributed by atoms with E-state index in [-0.39, 0.29) is 15.5 Å². The van der Waals surface area contributed by atoms with Crippen LogP contribution in [0.4, 0.5) is 11.5 Å². The van der Waals surface area contributed by atoms with E-state index in [1.54, 1.807) is 12.3 Å². The van der Waals surface area contributed by atoms with Crippen molar-refractivity contribution in [2.75, 3.05) is 23.3 Å². The van der Waals surface area contributed by atoms with Gasteiger partial charge in [-0.2, -0.15) is 0 Å². The molecule has 0 aliphatic carbocycles. The first-order valence-electron chi connectivity index (χ1n) is 8.19. The van der Waals surface area contributed by atoms with Crippen LogP contribution >= 0.6 is 11.6 Å². The standard InChI is InChI=1S/C17H19ClN4O3S/c18-15-6-5-13(26(19,24)25)10-14(15)17(23)21-12-4-7-16(20-11-12)22-8-2-1-3-9-22/h4-7,10-11H,1-3,8-9H2,(H,21,23)(H2,19,24,25). The fourth-order valence-electron chi connectivity index (χ4n) is 2.82. The van der Waals surface area contributed by atoms with E-state index in [0.29, 0.717) is 5.69 Å². The van der Waals surface area contributed by atoms with Crippen molar-refractivity contribution in [2.24, 2.45) is 5.14 Å². The number of hydrogen-bond donors (Lipinski definition) is 2. The van der Waals surface area contributed by atoms with E-state index >= 15 is 0 Å². The molecule has 9 heteroatoms. The lowest BCUT2D eigenvalue weighted by Crippen LogP contribution is -2.30. The maximum absolute atomic E-state index is 12.4. The predicted molar refractivity (Wildman–Crippen MR) is 101 cm³/mol. The van der Waals surface area contributed by atoms with Crippen molar-refractivity contribution in [3.05, 3.63) is 47.1 Å². The van der Waals surface area contributed by atoms with Gasteiger partial charge >= 0.3 is 0 Å². The highest BCUT2D eigenvalue weighted by molar-refractivity contribution is 7.89. The second-order valence-electron chi connectivity index (χ2n) is 6.09. The third kappa shape index (κ3) is 4.32. The van der Waals surface area contributed by atoms with Crippen LogP contribution in [0.3, 0.4) is 0 Å². The molecule has 1 fully saturated rings. The second kappa shape index (κ2) is 7.61. The third-order valence-electron chi connectivity index (χ3n) is 4.20. The number of anilines is 2.